The Bertz CT molecular complexity index is 1000. The van der Waals surface area contributed by atoms with Crippen LogP contribution in [0.5, 0.6) is 5.75 Å². The number of alkyl halides is 1. The van der Waals surface area contributed by atoms with Crippen LogP contribution in [-0.4, -0.2) is 55.6 Å². The topological polar surface area (TPSA) is 95.9 Å². The lowest BCUT2D eigenvalue weighted by atomic mass is 9.99. The molecule has 0 spiro atoms. The summed E-state index contributed by atoms with van der Waals surface area (Å²) < 4.78 is 59.9. The molecule has 2 N–H and O–H groups in total. The molecular weight excluding hydrogens is 418 g/mol. The molecule has 2 aromatic rings. The van der Waals surface area contributed by atoms with Gasteiger partial charge in [-0.05, 0) is 23.6 Å². The van der Waals surface area contributed by atoms with Crippen molar-refractivity contribution < 1.29 is 31.8 Å². The van der Waals surface area contributed by atoms with E-state index in [1.807, 2.05) is 0 Å². The number of carbonyl (C=O) groups is 1. The molecule has 1 aliphatic rings. The Morgan fingerprint density at radius 2 is 1.93 bits per heavy atom. The molecule has 1 amide bonds. The van der Waals surface area contributed by atoms with Gasteiger partial charge in [-0.25, -0.2) is 26.7 Å². The van der Waals surface area contributed by atoms with E-state index in [1.165, 1.54) is 12.1 Å². The number of carbonyl (C=O) groups excluding carboxylic acids is 1. The molecule has 7 nitrogen and oxygen atoms in total. The van der Waals surface area contributed by atoms with Crippen molar-refractivity contribution in [2.24, 2.45) is 0 Å². The first-order valence-corrected chi connectivity index (χ1v) is 11.1. The minimum atomic E-state index is -3.80. The maximum Gasteiger partial charge on any atom is 0.410 e. The highest BCUT2D eigenvalue weighted by molar-refractivity contribution is 7.88. The number of halogens is 2. The van der Waals surface area contributed by atoms with Gasteiger partial charge in [-0.1, -0.05) is 42.5 Å². The maximum absolute atomic E-state index is 14.7. The van der Waals surface area contributed by atoms with Gasteiger partial charge in [0.2, 0.25) is 10.0 Å². The highest BCUT2D eigenvalue weighted by Crippen LogP contribution is 2.28. The zero-order chi connectivity index (χ0) is 21.9. The molecule has 162 valence electrons. The van der Waals surface area contributed by atoms with Gasteiger partial charge < -0.3 is 14.7 Å². The van der Waals surface area contributed by atoms with Gasteiger partial charge in [0.15, 0.2) is 11.6 Å². The average Bonchev–Trinajstić information content (AvgIpc) is 2.98. The van der Waals surface area contributed by atoms with E-state index in [2.05, 4.69) is 4.72 Å². The minimum Gasteiger partial charge on any atom is -0.505 e. The van der Waals surface area contributed by atoms with Crippen LogP contribution in [0.15, 0.2) is 48.5 Å². The number of ether oxygens (including phenoxy) is 1. The number of rotatable bonds is 6. The number of hydrogen-bond donors (Lipinski definition) is 2. The number of hydrogen-bond acceptors (Lipinski definition) is 5. The summed E-state index contributed by atoms with van der Waals surface area (Å²) >= 11 is 0. The largest absolute Gasteiger partial charge is 0.505 e. The molecule has 0 saturated carbocycles. The summed E-state index contributed by atoms with van der Waals surface area (Å²) in [7, 11) is -3.80. The Morgan fingerprint density at radius 1 is 1.23 bits per heavy atom. The normalized spacial score (nSPS) is 21.6. The molecule has 0 unspecified atom stereocenters. The maximum atomic E-state index is 14.7. The second kappa shape index (κ2) is 8.97. The number of likely N-dealkylation sites (tertiary alicyclic amines) is 1. The lowest BCUT2D eigenvalue weighted by Crippen LogP contribution is -2.49. The molecule has 0 aliphatic carbocycles. The second-order valence-electron chi connectivity index (χ2n) is 7.15. The fourth-order valence-electron chi connectivity index (χ4n) is 3.47. The van der Waals surface area contributed by atoms with Gasteiger partial charge in [0.25, 0.3) is 0 Å². The van der Waals surface area contributed by atoms with Crippen molar-refractivity contribution in [2.75, 3.05) is 12.8 Å². The van der Waals surface area contributed by atoms with Crippen molar-refractivity contribution in [3.05, 3.63) is 65.5 Å². The molecule has 2 aromatic carbocycles. The minimum absolute atomic E-state index is 0.0234. The fourth-order valence-corrected chi connectivity index (χ4v) is 4.27. The van der Waals surface area contributed by atoms with E-state index in [1.54, 1.807) is 30.3 Å². The molecule has 0 aromatic heterocycles. The van der Waals surface area contributed by atoms with Crippen molar-refractivity contribution in [1.29, 1.82) is 0 Å². The van der Waals surface area contributed by atoms with Crippen LogP contribution < -0.4 is 4.72 Å². The number of nitrogens with zero attached hydrogens (tertiary/aromatic N) is 1. The van der Waals surface area contributed by atoms with Crippen molar-refractivity contribution in [1.82, 2.24) is 9.62 Å². The van der Waals surface area contributed by atoms with E-state index in [-0.39, 0.29) is 18.6 Å². The predicted molar refractivity (Wildman–Crippen MR) is 106 cm³/mol. The lowest BCUT2D eigenvalue weighted by Gasteiger charge is -2.27. The van der Waals surface area contributed by atoms with Gasteiger partial charge in [0.1, 0.15) is 12.8 Å². The summed E-state index contributed by atoms with van der Waals surface area (Å²) in [6.07, 6.45) is -1.89. The highest BCUT2D eigenvalue weighted by Gasteiger charge is 2.46. The predicted octanol–water partition coefficient (Wildman–Crippen LogP) is 2.35. The van der Waals surface area contributed by atoms with Crippen LogP contribution in [0, 0.1) is 5.82 Å². The van der Waals surface area contributed by atoms with Crippen LogP contribution in [0.4, 0.5) is 13.6 Å². The summed E-state index contributed by atoms with van der Waals surface area (Å²) in [5, 5.41) is 9.60. The summed E-state index contributed by atoms with van der Waals surface area (Å²) in [5.41, 5.74) is 0.749. The standard InChI is InChI=1S/C20H22F2N2O5S/c1-30(27,28)23-19-15(21)11-24(20(26)29-12-13-6-3-2-4-7-13)16(19)10-14-8-5-9-17(25)18(14)22/h2-9,15-16,19,23,25H,10-12H2,1H3/t15-,16-,19-/m0/s1. The Hall–Kier alpha value is -2.72. The van der Waals surface area contributed by atoms with Crippen molar-refractivity contribution >= 4 is 16.1 Å². The Balaban J connectivity index is 1.83. The third-order valence-electron chi connectivity index (χ3n) is 4.85. The van der Waals surface area contributed by atoms with Crippen LogP contribution >= 0.6 is 0 Å². The zero-order valence-corrected chi connectivity index (χ0v) is 17.0. The highest BCUT2D eigenvalue weighted by atomic mass is 32.2. The molecule has 1 heterocycles. The first-order chi connectivity index (χ1) is 14.2. The monoisotopic (exact) mass is 440 g/mol. The number of nitrogens with one attached hydrogen (secondary N) is 1. The van der Waals surface area contributed by atoms with Crippen LogP contribution in [0.25, 0.3) is 0 Å². The first kappa shape index (κ1) is 22.0. The fraction of sp³-hybridized carbons (Fsp3) is 0.350. The summed E-state index contributed by atoms with van der Waals surface area (Å²) in [6.45, 7) is -0.462. The molecule has 0 radical (unpaired) electrons. The second-order valence-corrected chi connectivity index (χ2v) is 8.93. The molecule has 0 bridgehead atoms. The van der Waals surface area contributed by atoms with Crippen molar-refractivity contribution in [3.63, 3.8) is 0 Å². The third kappa shape index (κ3) is 5.25. The molecule has 30 heavy (non-hydrogen) atoms. The molecule has 1 saturated heterocycles. The summed E-state index contributed by atoms with van der Waals surface area (Å²) in [6, 6.07) is 10.5. The SMILES string of the molecule is CS(=O)(=O)N[C@H]1[C@@H](F)CN(C(=O)OCc2ccccc2)[C@H]1Cc1cccc(O)c1F. The van der Waals surface area contributed by atoms with Crippen LogP contribution in [0.1, 0.15) is 11.1 Å². The number of sulfonamides is 1. The number of amides is 1. The van der Waals surface area contributed by atoms with E-state index in [4.69, 9.17) is 4.74 Å². The zero-order valence-electron chi connectivity index (χ0n) is 16.2. The summed E-state index contributed by atoms with van der Waals surface area (Å²) in [4.78, 5) is 13.7. The van der Waals surface area contributed by atoms with Gasteiger partial charge in [-0.15, -0.1) is 0 Å². The Morgan fingerprint density at radius 3 is 2.60 bits per heavy atom. The number of phenols is 1. The third-order valence-corrected chi connectivity index (χ3v) is 5.55. The van der Waals surface area contributed by atoms with Gasteiger partial charge in [-0.2, -0.15) is 0 Å². The molecule has 10 heteroatoms. The van der Waals surface area contributed by atoms with E-state index in [0.717, 1.165) is 22.8 Å². The molecule has 3 rings (SSSR count). The van der Waals surface area contributed by atoms with E-state index < -0.39 is 52.5 Å². The smallest absolute Gasteiger partial charge is 0.410 e. The summed E-state index contributed by atoms with van der Waals surface area (Å²) in [5.74, 6) is -1.50. The van der Waals surface area contributed by atoms with Crippen LogP contribution in [0.2, 0.25) is 0 Å². The Labute approximate surface area is 173 Å². The van der Waals surface area contributed by atoms with Crippen molar-refractivity contribution in [3.8, 4) is 5.75 Å². The van der Waals surface area contributed by atoms with Gasteiger partial charge in [0, 0.05) is 0 Å². The first-order valence-electron chi connectivity index (χ1n) is 9.21. The van der Waals surface area contributed by atoms with E-state index >= 15 is 0 Å². The molecule has 1 fully saturated rings. The Kier molecular flexibility index (Phi) is 6.57. The molecule has 1 aliphatic heterocycles. The van der Waals surface area contributed by atoms with Crippen LogP contribution in [0.3, 0.4) is 0 Å². The quantitative estimate of drug-likeness (QED) is 0.719. The number of aromatic hydroxyl groups is 1. The van der Waals surface area contributed by atoms with Crippen molar-refractivity contribution in [2.45, 2.75) is 31.3 Å². The number of phenolic OH excluding ortho intramolecular Hbond substituents is 1. The van der Waals surface area contributed by atoms with E-state index in [0.29, 0.717) is 0 Å². The van der Waals surface area contributed by atoms with E-state index in [9.17, 15) is 27.1 Å². The van der Waals surface area contributed by atoms with Crippen LogP contribution in [-0.2, 0) is 27.8 Å². The molecule has 3 atom stereocenters. The lowest BCUT2D eigenvalue weighted by molar-refractivity contribution is 0.0894. The average molecular weight is 440 g/mol. The molecular formula is C20H22F2N2O5S. The van der Waals surface area contributed by atoms with Gasteiger partial charge in [0.05, 0.1) is 24.9 Å². The number of benzene rings is 2. The van der Waals surface area contributed by atoms with Gasteiger partial charge in [-0.3, -0.25) is 0 Å². The van der Waals surface area contributed by atoms with Gasteiger partial charge >= 0.3 is 6.09 Å².